The summed E-state index contributed by atoms with van der Waals surface area (Å²) in [5.41, 5.74) is 1.39. The predicted octanol–water partition coefficient (Wildman–Crippen LogP) is 3.20. The third-order valence-electron chi connectivity index (χ3n) is 4.86. The molecule has 0 bridgehead atoms. The van der Waals surface area contributed by atoms with E-state index in [0.29, 0.717) is 16.6 Å². The van der Waals surface area contributed by atoms with Crippen LogP contribution in [0.5, 0.6) is 0 Å². The monoisotopic (exact) mass is 523 g/mol. The Kier molecular flexibility index (Phi) is 9.27. The number of benzene rings is 2. The molecule has 2 aromatic carbocycles. The highest BCUT2D eigenvalue weighted by molar-refractivity contribution is 9.10. The molecule has 0 aliphatic heterocycles. The zero-order valence-electron chi connectivity index (χ0n) is 18.8. The molecule has 2 rings (SSSR count). The lowest BCUT2D eigenvalue weighted by atomic mass is 10.1. The van der Waals surface area contributed by atoms with Gasteiger partial charge >= 0.3 is 0 Å². The van der Waals surface area contributed by atoms with Crippen molar-refractivity contribution in [2.75, 3.05) is 23.7 Å². The van der Waals surface area contributed by atoms with E-state index in [2.05, 4.69) is 21.2 Å². The van der Waals surface area contributed by atoms with Gasteiger partial charge in [-0.3, -0.25) is 13.9 Å². The average molecular weight is 524 g/mol. The van der Waals surface area contributed by atoms with E-state index in [0.717, 1.165) is 16.1 Å². The number of amides is 2. The third-order valence-corrected chi connectivity index (χ3v) is 6.49. The maximum atomic E-state index is 13.3. The van der Waals surface area contributed by atoms with E-state index < -0.39 is 28.5 Å². The first-order valence-corrected chi connectivity index (χ1v) is 13.0. The van der Waals surface area contributed by atoms with E-state index in [4.69, 9.17) is 0 Å². The summed E-state index contributed by atoms with van der Waals surface area (Å²) in [5.74, 6) is -0.729. The van der Waals surface area contributed by atoms with Crippen molar-refractivity contribution in [2.45, 2.75) is 39.3 Å². The van der Waals surface area contributed by atoms with Crippen LogP contribution in [-0.2, 0) is 26.0 Å². The molecule has 0 radical (unpaired) electrons. The summed E-state index contributed by atoms with van der Waals surface area (Å²) in [6, 6.07) is 15.5. The fourth-order valence-corrected chi connectivity index (χ4v) is 4.45. The molecule has 2 amide bonds. The normalized spacial score (nSPS) is 12.3. The standard InChI is InChI=1S/C23H30BrN3O4S/c1-17(2)25-23(29)18(3)26(14-13-19-9-6-5-7-10-19)22(28)16-27(32(4,30)31)21-12-8-11-20(24)15-21/h5-12,15,17-18H,13-14,16H2,1-4H3,(H,25,29)/t18-/m0/s1. The molecule has 0 heterocycles. The third kappa shape index (κ3) is 7.63. The van der Waals surface area contributed by atoms with Crippen molar-refractivity contribution in [2.24, 2.45) is 0 Å². The molecule has 0 aromatic heterocycles. The summed E-state index contributed by atoms with van der Waals surface area (Å²) >= 11 is 3.34. The fourth-order valence-electron chi connectivity index (χ4n) is 3.22. The van der Waals surface area contributed by atoms with Gasteiger partial charge in [0.1, 0.15) is 12.6 Å². The van der Waals surface area contributed by atoms with Gasteiger partial charge in [-0.1, -0.05) is 52.3 Å². The topological polar surface area (TPSA) is 86.8 Å². The molecule has 0 saturated heterocycles. The minimum Gasteiger partial charge on any atom is -0.352 e. The van der Waals surface area contributed by atoms with E-state index in [1.165, 1.54) is 4.90 Å². The number of carbonyl (C=O) groups is 2. The van der Waals surface area contributed by atoms with Crippen molar-refractivity contribution >= 4 is 43.5 Å². The van der Waals surface area contributed by atoms with E-state index in [1.807, 2.05) is 44.2 Å². The summed E-state index contributed by atoms with van der Waals surface area (Å²) in [4.78, 5) is 27.4. The number of halogens is 1. The Balaban J connectivity index is 2.30. The van der Waals surface area contributed by atoms with Gasteiger partial charge in [-0.25, -0.2) is 8.42 Å². The molecule has 7 nitrogen and oxygen atoms in total. The average Bonchev–Trinajstić information content (AvgIpc) is 2.71. The van der Waals surface area contributed by atoms with Crippen molar-refractivity contribution < 1.29 is 18.0 Å². The summed E-state index contributed by atoms with van der Waals surface area (Å²) in [5, 5.41) is 2.83. The summed E-state index contributed by atoms with van der Waals surface area (Å²) < 4.78 is 26.7. The number of hydrogen-bond donors (Lipinski definition) is 1. The number of carbonyl (C=O) groups excluding carboxylic acids is 2. The van der Waals surface area contributed by atoms with Crippen molar-refractivity contribution in [3.05, 3.63) is 64.6 Å². The molecule has 0 aliphatic carbocycles. The maximum Gasteiger partial charge on any atom is 0.244 e. The summed E-state index contributed by atoms with van der Waals surface area (Å²) in [6.45, 7) is 5.23. The number of hydrogen-bond acceptors (Lipinski definition) is 4. The van der Waals surface area contributed by atoms with E-state index in [-0.39, 0.29) is 18.5 Å². The lowest BCUT2D eigenvalue weighted by molar-refractivity contribution is -0.139. The van der Waals surface area contributed by atoms with Crippen LogP contribution in [0.4, 0.5) is 5.69 Å². The molecule has 1 atom stereocenters. The van der Waals surface area contributed by atoms with Crippen LogP contribution in [0.1, 0.15) is 26.3 Å². The number of rotatable bonds is 10. The molecular formula is C23H30BrN3O4S. The number of nitrogens with one attached hydrogen (secondary N) is 1. The minimum atomic E-state index is -3.73. The first-order valence-electron chi connectivity index (χ1n) is 10.4. The van der Waals surface area contributed by atoms with Crippen LogP contribution >= 0.6 is 15.9 Å². The SMILES string of the molecule is CC(C)NC(=O)[C@H](C)N(CCc1ccccc1)C(=O)CN(c1cccc(Br)c1)S(C)(=O)=O. The highest BCUT2D eigenvalue weighted by Gasteiger charge is 2.30. The molecule has 0 aliphatic rings. The zero-order valence-corrected chi connectivity index (χ0v) is 21.2. The Morgan fingerprint density at radius 1 is 1.03 bits per heavy atom. The second-order valence-electron chi connectivity index (χ2n) is 7.91. The van der Waals surface area contributed by atoms with Crippen LogP contribution in [0.15, 0.2) is 59.1 Å². The maximum absolute atomic E-state index is 13.3. The van der Waals surface area contributed by atoms with Gasteiger partial charge in [-0.05, 0) is 51.0 Å². The van der Waals surface area contributed by atoms with Gasteiger partial charge in [0.05, 0.1) is 11.9 Å². The Labute approximate surface area is 199 Å². The Morgan fingerprint density at radius 2 is 1.69 bits per heavy atom. The highest BCUT2D eigenvalue weighted by Crippen LogP contribution is 2.22. The molecular weight excluding hydrogens is 494 g/mol. The largest absolute Gasteiger partial charge is 0.352 e. The van der Waals surface area contributed by atoms with E-state index in [1.54, 1.807) is 31.2 Å². The second-order valence-corrected chi connectivity index (χ2v) is 10.7. The lowest BCUT2D eigenvalue weighted by Gasteiger charge is -2.32. The predicted molar refractivity (Wildman–Crippen MR) is 131 cm³/mol. The number of nitrogens with zero attached hydrogens (tertiary/aromatic N) is 2. The molecule has 2 aromatic rings. The van der Waals surface area contributed by atoms with Crippen molar-refractivity contribution in [1.82, 2.24) is 10.2 Å². The molecule has 0 spiro atoms. The molecule has 9 heteroatoms. The molecule has 0 unspecified atom stereocenters. The fraction of sp³-hybridized carbons (Fsp3) is 0.391. The quantitative estimate of drug-likeness (QED) is 0.517. The Bertz CT molecular complexity index is 1030. The van der Waals surface area contributed by atoms with Crippen LogP contribution in [0.2, 0.25) is 0 Å². The Morgan fingerprint density at radius 3 is 2.25 bits per heavy atom. The van der Waals surface area contributed by atoms with Gasteiger partial charge in [-0.15, -0.1) is 0 Å². The number of anilines is 1. The molecule has 32 heavy (non-hydrogen) atoms. The summed E-state index contributed by atoms with van der Waals surface area (Å²) in [7, 11) is -3.73. The smallest absolute Gasteiger partial charge is 0.244 e. The number of sulfonamides is 1. The first-order chi connectivity index (χ1) is 15.0. The van der Waals surface area contributed by atoms with Gasteiger partial charge < -0.3 is 10.2 Å². The molecule has 1 N–H and O–H groups in total. The second kappa shape index (κ2) is 11.5. The van der Waals surface area contributed by atoms with Crippen molar-refractivity contribution in [1.29, 1.82) is 0 Å². The molecule has 0 saturated carbocycles. The van der Waals surface area contributed by atoms with Crippen molar-refractivity contribution in [3.63, 3.8) is 0 Å². The van der Waals surface area contributed by atoms with Gasteiger partial charge in [0, 0.05) is 17.1 Å². The van der Waals surface area contributed by atoms with Crippen molar-refractivity contribution in [3.8, 4) is 0 Å². The first kappa shape index (κ1) is 25.9. The van der Waals surface area contributed by atoms with Gasteiger partial charge in [0.15, 0.2) is 0 Å². The zero-order chi connectivity index (χ0) is 23.9. The lowest BCUT2D eigenvalue weighted by Crippen LogP contribution is -2.53. The van der Waals surface area contributed by atoms with Crippen LogP contribution < -0.4 is 9.62 Å². The van der Waals surface area contributed by atoms with Crippen LogP contribution in [0, 0.1) is 0 Å². The van der Waals surface area contributed by atoms with Crippen LogP contribution in [0.3, 0.4) is 0 Å². The van der Waals surface area contributed by atoms with Gasteiger partial charge in [0.25, 0.3) is 0 Å². The highest BCUT2D eigenvalue weighted by atomic mass is 79.9. The van der Waals surface area contributed by atoms with E-state index >= 15 is 0 Å². The van der Waals surface area contributed by atoms with Crippen LogP contribution in [-0.4, -0.2) is 56.6 Å². The van der Waals surface area contributed by atoms with Gasteiger partial charge in [-0.2, -0.15) is 0 Å². The molecule has 174 valence electrons. The Hall–Kier alpha value is -2.39. The van der Waals surface area contributed by atoms with Gasteiger partial charge in [0.2, 0.25) is 21.8 Å². The van der Waals surface area contributed by atoms with Crippen LogP contribution in [0.25, 0.3) is 0 Å². The minimum absolute atomic E-state index is 0.0785. The van der Waals surface area contributed by atoms with E-state index in [9.17, 15) is 18.0 Å². The molecule has 0 fully saturated rings. The summed E-state index contributed by atoms with van der Waals surface area (Å²) in [6.07, 6.45) is 1.60.